The van der Waals surface area contributed by atoms with Gasteiger partial charge in [0.05, 0.1) is 0 Å². The SMILES string of the molecule is CCCCC(N)P(=O)(O)OC(C)C(=O)OC(=O)[C@@H]1CCCN1. The molecule has 4 atom stereocenters. The molecule has 0 bridgehead atoms. The number of unbranched alkanes of at least 4 members (excludes halogenated alkanes) is 1. The first kappa shape index (κ1) is 19.3. The summed E-state index contributed by atoms with van der Waals surface area (Å²) in [7, 11) is -4.14. The molecule has 1 aliphatic heterocycles. The standard InChI is InChI=1S/C13H25N2O6P/c1-3-4-7-11(14)22(18,19)21-9(2)12(16)20-13(17)10-6-5-8-15-10/h9-11,15H,3-8,14H2,1-2H3,(H,18,19)/t9?,10-,11?/m0/s1. The average Bonchev–Trinajstić information content (AvgIpc) is 2.98. The Bertz CT molecular complexity index is 438. The summed E-state index contributed by atoms with van der Waals surface area (Å²) >= 11 is 0. The summed E-state index contributed by atoms with van der Waals surface area (Å²) < 4.78 is 21.5. The molecule has 8 nitrogen and oxygen atoms in total. The fraction of sp³-hybridized carbons (Fsp3) is 0.846. The second-order valence-electron chi connectivity index (χ2n) is 5.41. The number of carbonyl (C=O) groups is 2. The Morgan fingerprint density at radius 1 is 1.50 bits per heavy atom. The number of rotatable bonds is 8. The van der Waals surface area contributed by atoms with Gasteiger partial charge in [-0.2, -0.15) is 0 Å². The van der Waals surface area contributed by atoms with E-state index in [4.69, 9.17) is 10.3 Å². The van der Waals surface area contributed by atoms with Crippen LogP contribution in [0.5, 0.6) is 0 Å². The normalized spacial score (nSPS) is 23.5. The molecule has 128 valence electrons. The predicted octanol–water partition coefficient (Wildman–Crippen LogP) is 0.874. The third-order valence-corrected chi connectivity index (χ3v) is 5.17. The largest absolute Gasteiger partial charge is 0.390 e. The fourth-order valence-corrected chi connectivity index (χ4v) is 3.27. The quantitative estimate of drug-likeness (QED) is 0.338. The molecule has 1 fully saturated rings. The fourth-order valence-electron chi connectivity index (χ4n) is 2.06. The molecule has 1 saturated heterocycles. The number of carbonyl (C=O) groups excluding carboxylic acids is 2. The van der Waals surface area contributed by atoms with Crippen molar-refractivity contribution in [1.82, 2.24) is 5.32 Å². The number of hydrogen-bond acceptors (Lipinski definition) is 7. The highest BCUT2D eigenvalue weighted by molar-refractivity contribution is 7.53. The van der Waals surface area contributed by atoms with Crippen LogP contribution in [0.2, 0.25) is 0 Å². The maximum absolute atomic E-state index is 12.0. The van der Waals surface area contributed by atoms with Crippen molar-refractivity contribution in [2.75, 3.05) is 6.54 Å². The first-order valence-electron chi connectivity index (χ1n) is 7.53. The minimum Gasteiger partial charge on any atom is -0.390 e. The number of esters is 2. The minimum atomic E-state index is -4.14. The van der Waals surface area contributed by atoms with Crippen LogP contribution in [0.1, 0.15) is 46.0 Å². The van der Waals surface area contributed by atoms with Gasteiger partial charge < -0.3 is 20.7 Å². The van der Waals surface area contributed by atoms with Gasteiger partial charge in [-0.25, -0.2) is 9.59 Å². The van der Waals surface area contributed by atoms with Crippen molar-refractivity contribution in [3.63, 3.8) is 0 Å². The van der Waals surface area contributed by atoms with Gasteiger partial charge in [0.2, 0.25) is 0 Å². The second-order valence-corrected chi connectivity index (χ2v) is 7.41. The van der Waals surface area contributed by atoms with Gasteiger partial charge in [-0.1, -0.05) is 19.8 Å². The summed E-state index contributed by atoms with van der Waals surface area (Å²) in [5.74, 6) is -2.74. The molecule has 0 saturated carbocycles. The van der Waals surface area contributed by atoms with Gasteiger partial charge in [-0.15, -0.1) is 0 Å². The van der Waals surface area contributed by atoms with E-state index in [1.807, 2.05) is 6.92 Å². The Kier molecular flexibility index (Phi) is 7.65. The molecule has 22 heavy (non-hydrogen) atoms. The lowest BCUT2D eigenvalue weighted by Crippen LogP contribution is -2.36. The van der Waals surface area contributed by atoms with Gasteiger partial charge in [0.25, 0.3) is 0 Å². The molecule has 1 heterocycles. The molecule has 0 aromatic heterocycles. The first-order chi connectivity index (χ1) is 10.3. The molecule has 4 N–H and O–H groups in total. The summed E-state index contributed by atoms with van der Waals surface area (Å²) in [4.78, 5) is 33.2. The maximum atomic E-state index is 12.0. The Hall–Kier alpha value is -0.790. The zero-order chi connectivity index (χ0) is 16.8. The molecule has 0 amide bonds. The topological polar surface area (TPSA) is 128 Å². The number of ether oxygens (including phenoxy) is 1. The van der Waals surface area contributed by atoms with Crippen molar-refractivity contribution < 1.29 is 28.3 Å². The molecule has 0 radical (unpaired) electrons. The molecule has 0 aromatic carbocycles. The lowest BCUT2D eigenvalue weighted by atomic mass is 10.2. The molecule has 1 rings (SSSR count). The average molecular weight is 336 g/mol. The van der Waals surface area contributed by atoms with E-state index in [1.165, 1.54) is 6.92 Å². The van der Waals surface area contributed by atoms with Gasteiger partial charge in [0.1, 0.15) is 11.8 Å². The van der Waals surface area contributed by atoms with Crippen LogP contribution in [0.15, 0.2) is 0 Å². The van der Waals surface area contributed by atoms with Crippen LogP contribution in [0.25, 0.3) is 0 Å². The summed E-state index contributed by atoms with van der Waals surface area (Å²) in [6.07, 6.45) is 1.92. The van der Waals surface area contributed by atoms with E-state index in [0.29, 0.717) is 25.8 Å². The number of nitrogens with one attached hydrogen (secondary N) is 1. The van der Waals surface area contributed by atoms with Gasteiger partial charge in [0.15, 0.2) is 6.10 Å². The molecule has 0 spiro atoms. The third kappa shape index (κ3) is 5.78. The van der Waals surface area contributed by atoms with Gasteiger partial charge >= 0.3 is 19.5 Å². The van der Waals surface area contributed by atoms with Crippen LogP contribution in [0, 0.1) is 0 Å². The second kappa shape index (κ2) is 8.74. The molecule has 0 aliphatic carbocycles. The van der Waals surface area contributed by atoms with E-state index in [9.17, 15) is 19.0 Å². The minimum absolute atomic E-state index is 0.316. The summed E-state index contributed by atoms with van der Waals surface area (Å²) in [5, 5.41) is 2.90. The molecule has 9 heteroatoms. The van der Waals surface area contributed by atoms with Crippen molar-refractivity contribution in [3.05, 3.63) is 0 Å². The number of hydrogen-bond donors (Lipinski definition) is 3. The lowest BCUT2D eigenvalue weighted by molar-refractivity contribution is -0.165. The first-order valence-corrected chi connectivity index (χ1v) is 9.18. The zero-order valence-electron chi connectivity index (χ0n) is 13.0. The molecule has 0 aromatic rings. The molecule has 3 unspecified atom stereocenters. The van der Waals surface area contributed by atoms with Crippen molar-refractivity contribution in [2.24, 2.45) is 5.73 Å². The zero-order valence-corrected chi connectivity index (χ0v) is 13.9. The Balaban J connectivity index is 2.48. The maximum Gasteiger partial charge on any atom is 0.345 e. The van der Waals surface area contributed by atoms with Crippen molar-refractivity contribution in [2.45, 2.75) is 63.9 Å². The van der Waals surface area contributed by atoms with Gasteiger partial charge in [0, 0.05) is 0 Å². The smallest absolute Gasteiger partial charge is 0.345 e. The van der Waals surface area contributed by atoms with Gasteiger partial charge in [-0.3, -0.25) is 9.09 Å². The van der Waals surface area contributed by atoms with Crippen molar-refractivity contribution in [1.29, 1.82) is 0 Å². The summed E-state index contributed by atoms with van der Waals surface area (Å²) in [5.41, 5.74) is 5.62. The number of nitrogens with two attached hydrogens (primary N) is 1. The van der Waals surface area contributed by atoms with Crippen LogP contribution < -0.4 is 11.1 Å². The molecular formula is C13H25N2O6P. The van der Waals surface area contributed by atoms with E-state index in [0.717, 1.165) is 12.8 Å². The summed E-state index contributed by atoms with van der Waals surface area (Å²) in [6, 6.07) is -0.510. The van der Waals surface area contributed by atoms with E-state index in [-0.39, 0.29) is 0 Å². The van der Waals surface area contributed by atoms with Crippen molar-refractivity contribution in [3.8, 4) is 0 Å². The van der Waals surface area contributed by atoms with E-state index < -0.39 is 37.5 Å². The van der Waals surface area contributed by atoms with Crippen LogP contribution in [0.4, 0.5) is 0 Å². The molecular weight excluding hydrogens is 311 g/mol. The predicted molar refractivity (Wildman–Crippen MR) is 80.0 cm³/mol. The Morgan fingerprint density at radius 2 is 2.18 bits per heavy atom. The van der Waals surface area contributed by atoms with E-state index in [2.05, 4.69) is 10.1 Å². The third-order valence-electron chi connectivity index (χ3n) is 3.46. The van der Waals surface area contributed by atoms with Crippen LogP contribution in [-0.4, -0.2) is 41.3 Å². The molecule has 1 aliphatic rings. The van der Waals surface area contributed by atoms with Crippen LogP contribution in [-0.2, 0) is 23.4 Å². The van der Waals surface area contributed by atoms with Crippen LogP contribution in [0.3, 0.4) is 0 Å². The highest BCUT2D eigenvalue weighted by Crippen LogP contribution is 2.48. The highest BCUT2D eigenvalue weighted by Gasteiger charge is 2.35. The Morgan fingerprint density at radius 3 is 2.73 bits per heavy atom. The van der Waals surface area contributed by atoms with Crippen LogP contribution >= 0.6 is 7.60 Å². The van der Waals surface area contributed by atoms with Gasteiger partial charge in [-0.05, 0) is 32.7 Å². The highest BCUT2D eigenvalue weighted by atomic mass is 31.2. The summed E-state index contributed by atoms with van der Waals surface area (Å²) in [6.45, 7) is 3.88. The van der Waals surface area contributed by atoms with E-state index in [1.54, 1.807) is 0 Å². The monoisotopic (exact) mass is 336 g/mol. The van der Waals surface area contributed by atoms with E-state index >= 15 is 0 Å². The van der Waals surface area contributed by atoms with Crippen molar-refractivity contribution >= 4 is 19.5 Å². The Labute approximate surface area is 130 Å². The lowest BCUT2D eigenvalue weighted by Gasteiger charge is -2.21.